The summed E-state index contributed by atoms with van der Waals surface area (Å²) in [6.45, 7) is 0. The van der Waals surface area contributed by atoms with E-state index in [1.54, 1.807) is 24.3 Å². The van der Waals surface area contributed by atoms with Gasteiger partial charge in [0.25, 0.3) is 0 Å². The number of hydrogen-bond donors (Lipinski definition) is 1. The zero-order chi connectivity index (χ0) is 17.8. The standard InChI is InChI=1S/C17H18ClN5OS/c1-22-9-3-4-14(22)10-15-20-21-17(23(15)2)25-11-16(24)19-13-7-5-12(18)6-8-13/h3-9H,10-11H2,1-2H3,(H,19,24). The van der Waals surface area contributed by atoms with Gasteiger partial charge in [-0.1, -0.05) is 23.4 Å². The first-order valence-corrected chi connectivity index (χ1v) is 9.06. The van der Waals surface area contributed by atoms with Crippen LogP contribution in [0.4, 0.5) is 5.69 Å². The summed E-state index contributed by atoms with van der Waals surface area (Å²) in [5.41, 5.74) is 1.88. The SMILES string of the molecule is Cn1cccc1Cc1nnc(SCC(=O)Nc2ccc(Cl)cc2)n1C. The molecule has 8 heteroatoms. The number of halogens is 1. The predicted octanol–water partition coefficient (Wildman–Crippen LogP) is 3.13. The van der Waals surface area contributed by atoms with E-state index in [0.717, 1.165) is 22.4 Å². The Hall–Kier alpha value is -2.25. The van der Waals surface area contributed by atoms with E-state index in [9.17, 15) is 4.79 Å². The zero-order valence-electron chi connectivity index (χ0n) is 13.9. The van der Waals surface area contributed by atoms with E-state index in [0.29, 0.717) is 11.4 Å². The van der Waals surface area contributed by atoms with Gasteiger partial charge in [0, 0.05) is 43.1 Å². The molecule has 25 heavy (non-hydrogen) atoms. The molecule has 0 bridgehead atoms. The number of aromatic nitrogens is 4. The van der Waals surface area contributed by atoms with Crippen LogP contribution in [0, 0.1) is 0 Å². The number of carbonyl (C=O) groups is 1. The molecule has 130 valence electrons. The summed E-state index contributed by atoms with van der Waals surface area (Å²) in [6, 6.07) is 11.1. The quantitative estimate of drug-likeness (QED) is 0.672. The molecule has 0 radical (unpaired) electrons. The lowest BCUT2D eigenvalue weighted by molar-refractivity contribution is -0.113. The molecule has 6 nitrogen and oxygen atoms in total. The van der Waals surface area contributed by atoms with Gasteiger partial charge in [-0.15, -0.1) is 10.2 Å². The average molecular weight is 376 g/mol. The van der Waals surface area contributed by atoms with E-state index >= 15 is 0 Å². The number of rotatable bonds is 6. The van der Waals surface area contributed by atoms with Crippen LogP contribution in [-0.2, 0) is 25.3 Å². The third-order valence-electron chi connectivity index (χ3n) is 3.78. The van der Waals surface area contributed by atoms with Crippen molar-refractivity contribution in [2.24, 2.45) is 14.1 Å². The van der Waals surface area contributed by atoms with Crippen LogP contribution in [0.15, 0.2) is 47.8 Å². The van der Waals surface area contributed by atoms with E-state index in [1.165, 1.54) is 11.8 Å². The molecule has 3 rings (SSSR count). The van der Waals surface area contributed by atoms with Crippen LogP contribution in [0.5, 0.6) is 0 Å². The van der Waals surface area contributed by atoms with Crippen molar-refractivity contribution in [3.63, 3.8) is 0 Å². The van der Waals surface area contributed by atoms with Crippen molar-refractivity contribution >= 4 is 35.0 Å². The molecule has 0 saturated heterocycles. The first-order valence-electron chi connectivity index (χ1n) is 7.69. The molecular weight excluding hydrogens is 358 g/mol. The number of amides is 1. The Morgan fingerprint density at radius 3 is 2.64 bits per heavy atom. The minimum atomic E-state index is -0.0979. The molecule has 1 amide bonds. The first-order chi connectivity index (χ1) is 12.0. The average Bonchev–Trinajstić information content (AvgIpc) is 3.15. The Bertz CT molecular complexity index is 872. The van der Waals surface area contributed by atoms with Crippen molar-refractivity contribution in [1.29, 1.82) is 0 Å². The van der Waals surface area contributed by atoms with Gasteiger partial charge in [0.15, 0.2) is 5.16 Å². The number of aryl methyl sites for hydroxylation is 1. The largest absolute Gasteiger partial charge is 0.354 e. The maximum atomic E-state index is 12.1. The van der Waals surface area contributed by atoms with Gasteiger partial charge in [0.05, 0.1) is 5.75 Å². The highest BCUT2D eigenvalue weighted by atomic mass is 35.5. The second kappa shape index (κ2) is 7.76. The molecule has 1 N–H and O–H groups in total. The van der Waals surface area contributed by atoms with Crippen LogP contribution in [0.2, 0.25) is 5.02 Å². The van der Waals surface area contributed by atoms with Crippen molar-refractivity contribution in [2.75, 3.05) is 11.1 Å². The molecule has 0 fully saturated rings. The Kier molecular flexibility index (Phi) is 5.45. The van der Waals surface area contributed by atoms with Gasteiger partial charge < -0.3 is 14.5 Å². The lowest BCUT2D eigenvalue weighted by Crippen LogP contribution is -2.14. The van der Waals surface area contributed by atoms with E-state index < -0.39 is 0 Å². The van der Waals surface area contributed by atoms with Crippen molar-refractivity contribution in [1.82, 2.24) is 19.3 Å². The molecule has 0 spiro atoms. The van der Waals surface area contributed by atoms with Crippen LogP contribution in [0.3, 0.4) is 0 Å². The Morgan fingerprint density at radius 1 is 1.20 bits per heavy atom. The van der Waals surface area contributed by atoms with Crippen LogP contribution >= 0.6 is 23.4 Å². The minimum Gasteiger partial charge on any atom is -0.354 e. The second-order valence-electron chi connectivity index (χ2n) is 5.59. The number of hydrogen-bond acceptors (Lipinski definition) is 4. The third kappa shape index (κ3) is 4.43. The summed E-state index contributed by atoms with van der Waals surface area (Å²) >= 11 is 7.19. The highest BCUT2D eigenvalue weighted by Gasteiger charge is 2.13. The number of carbonyl (C=O) groups excluding carboxylic acids is 1. The third-order valence-corrected chi connectivity index (χ3v) is 5.05. The summed E-state index contributed by atoms with van der Waals surface area (Å²) < 4.78 is 3.98. The summed E-state index contributed by atoms with van der Waals surface area (Å²) in [4.78, 5) is 12.1. The second-order valence-corrected chi connectivity index (χ2v) is 6.97. The molecule has 0 aliphatic heterocycles. The molecule has 0 aliphatic carbocycles. The molecule has 0 aliphatic rings. The Balaban J connectivity index is 1.57. The van der Waals surface area contributed by atoms with E-state index in [2.05, 4.69) is 26.1 Å². The van der Waals surface area contributed by atoms with E-state index in [-0.39, 0.29) is 11.7 Å². The van der Waals surface area contributed by atoms with Crippen LogP contribution < -0.4 is 5.32 Å². The highest BCUT2D eigenvalue weighted by molar-refractivity contribution is 7.99. The van der Waals surface area contributed by atoms with E-state index in [1.807, 2.05) is 30.9 Å². The van der Waals surface area contributed by atoms with Crippen molar-refractivity contribution < 1.29 is 4.79 Å². The molecular formula is C17H18ClN5OS. The van der Waals surface area contributed by atoms with Crippen molar-refractivity contribution in [2.45, 2.75) is 11.6 Å². The van der Waals surface area contributed by atoms with E-state index in [4.69, 9.17) is 11.6 Å². The van der Waals surface area contributed by atoms with Gasteiger partial charge in [-0.3, -0.25) is 4.79 Å². The molecule has 0 atom stereocenters. The molecule has 2 aromatic heterocycles. The minimum absolute atomic E-state index is 0.0979. The first kappa shape index (κ1) is 17.6. The fourth-order valence-electron chi connectivity index (χ4n) is 2.33. The predicted molar refractivity (Wildman–Crippen MR) is 100 cm³/mol. The Labute approximate surface area is 155 Å². The maximum Gasteiger partial charge on any atom is 0.234 e. The normalized spacial score (nSPS) is 10.8. The Morgan fingerprint density at radius 2 is 1.96 bits per heavy atom. The van der Waals surface area contributed by atoms with Crippen LogP contribution in [-0.4, -0.2) is 31.0 Å². The van der Waals surface area contributed by atoms with Gasteiger partial charge in [0.1, 0.15) is 5.82 Å². The molecule has 3 aromatic rings. The number of anilines is 1. The molecule has 1 aromatic carbocycles. The number of nitrogens with one attached hydrogen (secondary N) is 1. The summed E-state index contributed by atoms with van der Waals surface area (Å²) in [5.74, 6) is 1.03. The highest BCUT2D eigenvalue weighted by Crippen LogP contribution is 2.18. The zero-order valence-corrected chi connectivity index (χ0v) is 15.5. The van der Waals surface area contributed by atoms with Crippen LogP contribution in [0.25, 0.3) is 0 Å². The van der Waals surface area contributed by atoms with Gasteiger partial charge in [-0.25, -0.2) is 0 Å². The maximum absolute atomic E-state index is 12.1. The van der Waals surface area contributed by atoms with Gasteiger partial charge >= 0.3 is 0 Å². The fraction of sp³-hybridized carbons (Fsp3) is 0.235. The van der Waals surface area contributed by atoms with Gasteiger partial charge in [0.2, 0.25) is 5.91 Å². The van der Waals surface area contributed by atoms with Crippen molar-refractivity contribution in [3.8, 4) is 0 Å². The van der Waals surface area contributed by atoms with Gasteiger partial charge in [-0.2, -0.15) is 0 Å². The summed E-state index contributed by atoms with van der Waals surface area (Å²) in [6.07, 6.45) is 2.70. The fourth-order valence-corrected chi connectivity index (χ4v) is 3.18. The van der Waals surface area contributed by atoms with Crippen molar-refractivity contribution in [3.05, 3.63) is 59.1 Å². The summed E-state index contributed by atoms with van der Waals surface area (Å²) in [5, 5.41) is 12.6. The molecule has 2 heterocycles. The monoisotopic (exact) mass is 375 g/mol. The number of thioether (sulfide) groups is 1. The number of benzene rings is 1. The number of nitrogens with zero attached hydrogens (tertiary/aromatic N) is 4. The van der Waals surface area contributed by atoms with Crippen LogP contribution in [0.1, 0.15) is 11.5 Å². The smallest absolute Gasteiger partial charge is 0.234 e. The lowest BCUT2D eigenvalue weighted by Gasteiger charge is -2.06. The molecule has 0 unspecified atom stereocenters. The topological polar surface area (TPSA) is 64.7 Å². The summed E-state index contributed by atoms with van der Waals surface area (Å²) in [7, 11) is 3.92. The molecule has 0 saturated carbocycles. The lowest BCUT2D eigenvalue weighted by atomic mass is 10.3. The van der Waals surface area contributed by atoms with Gasteiger partial charge in [-0.05, 0) is 36.4 Å².